The van der Waals surface area contributed by atoms with Crippen molar-refractivity contribution in [1.82, 2.24) is 4.73 Å². The third kappa shape index (κ3) is 1.07. The first kappa shape index (κ1) is 6.61. The Morgan fingerprint density at radius 2 is 2.40 bits per heavy atom. The number of pyridine rings is 1. The van der Waals surface area contributed by atoms with Crippen molar-refractivity contribution in [2.45, 2.75) is 0 Å². The number of aromatic nitrogens is 1. The average Bonchev–Trinajstić information content (AvgIpc) is 1.95. The van der Waals surface area contributed by atoms with Crippen molar-refractivity contribution >= 4 is 6.08 Å². The monoisotopic (exact) mass is 136 g/mol. The van der Waals surface area contributed by atoms with Gasteiger partial charge in [0.1, 0.15) is 0 Å². The standard InChI is InChI=1S/C7H6NO2/c1-2-6-3-4-8(10)7(9)5-6/h2-5H,1H2/q-1. The molecule has 0 amide bonds. The largest absolute Gasteiger partial charge is 0.803 e. The predicted molar refractivity (Wildman–Crippen MR) is 39.6 cm³/mol. The summed E-state index contributed by atoms with van der Waals surface area (Å²) in [5.41, 5.74) is 0.106. The van der Waals surface area contributed by atoms with Crippen molar-refractivity contribution in [3.8, 4) is 0 Å². The molecule has 0 saturated carbocycles. The maximum Gasteiger partial charge on any atom is 0.246 e. The number of hydrogen-bond acceptors (Lipinski definition) is 2. The van der Waals surface area contributed by atoms with Crippen molar-refractivity contribution in [2.75, 3.05) is 0 Å². The van der Waals surface area contributed by atoms with Crippen LogP contribution in [0, 0.1) is 5.21 Å². The van der Waals surface area contributed by atoms with Gasteiger partial charge in [-0.3, -0.25) is 4.79 Å². The smallest absolute Gasteiger partial charge is 0.246 e. The van der Waals surface area contributed by atoms with E-state index in [-0.39, 0.29) is 4.73 Å². The molecule has 52 valence electrons. The fourth-order valence-electron chi connectivity index (χ4n) is 0.609. The molecule has 0 bridgehead atoms. The topological polar surface area (TPSA) is 45.1 Å². The van der Waals surface area contributed by atoms with Crippen molar-refractivity contribution < 1.29 is 0 Å². The van der Waals surface area contributed by atoms with Crippen LogP contribution in [0.5, 0.6) is 0 Å². The quantitative estimate of drug-likeness (QED) is 0.574. The van der Waals surface area contributed by atoms with E-state index in [1.54, 1.807) is 0 Å². The molecule has 0 spiro atoms. The molecule has 0 N–H and O–H groups in total. The summed E-state index contributed by atoms with van der Waals surface area (Å²) >= 11 is 0. The molecule has 1 aromatic heterocycles. The lowest BCUT2D eigenvalue weighted by molar-refractivity contribution is 1.00. The summed E-state index contributed by atoms with van der Waals surface area (Å²) in [6.07, 6.45) is 2.68. The lowest BCUT2D eigenvalue weighted by Gasteiger charge is -2.06. The van der Waals surface area contributed by atoms with E-state index >= 15 is 0 Å². The Hall–Kier alpha value is -1.51. The van der Waals surface area contributed by atoms with Gasteiger partial charge in [0, 0.05) is 12.3 Å². The number of hydrogen-bond donors (Lipinski definition) is 0. The van der Waals surface area contributed by atoms with Crippen LogP contribution < -0.4 is 5.56 Å². The molecule has 1 heterocycles. The van der Waals surface area contributed by atoms with E-state index in [4.69, 9.17) is 0 Å². The molecule has 0 aromatic carbocycles. The minimum Gasteiger partial charge on any atom is -0.803 e. The van der Waals surface area contributed by atoms with E-state index < -0.39 is 5.56 Å². The fraction of sp³-hybridized carbons (Fsp3) is 0. The van der Waals surface area contributed by atoms with Crippen LogP contribution >= 0.6 is 0 Å². The number of rotatable bonds is 1. The van der Waals surface area contributed by atoms with Crippen LogP contribution in [0.3, 0.4) is 0 Å². The van der Waals surface area contributed by atoms with E-state index in [1.807, 2.05) is 0 Å². The summed E-state index contributed by atoms with van der Waals surface area (Å²) in [5, 5.41) is 10.5. The summed E-state index contributed by atoms with van der Waals surface area (Å²) in [6, 6.07) is 2.77. The first-order chi connectivity index (χ1) is 4.74. The Labute approximate surface area is 57.8 Å². The van der Waals surface area contributed by atoms with Crippen LogP contribution in [-0.2, 0) is 0 Å². The second-order valence-corrected chi connectivity index (χ2v) is 1.83. The summed E-state index contributed by atoms with van der Waals surface area (Å²) < 4.78 is 0.271. The third-order valence-electron chi connectivity index (χ3n) is 1.15. The Bertz CT molecular complexity index is 301. The van der Waals surface area contributed by atoms with Gasteiger partial charge >= 0.3 is 0 Å². The molecule has 0 aliphatic heterocycles. The summed E-state index contributed by atoms with van der Waals surface area (Å²) in [5.74, 6) is 0. The van der Waals surface area contributed by atoms with Gasteiger partial charge in [-0.1, -0.05) is 12.7 Å². The normalized spacial score (nSPS) is 9.20. The van der Waals surface area contributed by atoms with Gasteiger partial charge in [-0.05, 0) is 11.6 Å². The van der Waals surface area contributed by atoms with Crippen LogP contribution in [0.2, 0.25) is 0 Å². The van der Waals surface area contributed by atoms with E-state index in [0.717, 1.165) is 0 Å². The lowest BCUT2D eigenvalue weighted by Crippen LogP contribution is -2.12. The highest BCUT2D eigenvalue weighted by Gasteiger charge is 1.85. The maximum absolute atomic E-state index is 10.6. The van der Waals surface area contributed by atoms with Crippen LogP contribution in [-0.4, -0.2) is 4.73 Å². The molecule has 0 unspecified atom stereocenters. The van der Waals surface area contributed by atoms with Crippen LogP contribution in [0.1, 0.15) is 5.56 Å². The molecule has 1 rings (SSSR count). The van der Waals surface area contributed by atoms with Gasteiger partial charge in [0.2, 0.25) is 5.56 Å². The van der Waals surface area contributed by atoms with Gasteiger partial charge in [0.25, 0.3) is 0 Å². The fourth-order valence-corrected chi connectivity index (χ4v) is 0.609. The molecular formula is C7H6NO2-. The Balaban J connectivity index is 3.30. The molecule has 0 aliphatic rings. The second kappa shape index (κ2) is 2.39. The van der Waals surface area contributed by atoms with Crippen LogP contribution in [0.25, 0.3) is 6.08 Å². The minimum atomic E-state index is -0.558. The predicted octanol–water partition coefficient (Wildman–Crippen LogP) is 0.837. The van der Waals surface area contributed by atoms with E-state index in [2.05, 4.69) is 6.58 Å². The third-order valence-corrected chi connectivity index (χ3v) is 1.15. The van der Waals surface area contributed by atoms with E-state index in [9.17, 15) is 10.0 Å². The molecule has 0 atom stereocenters. The van der Waals surface area contributed by atoms with Gasteiger partial charge in [-0.2, -0.15) is 0 Å². The van der Waals surface area contributed by atoms with Crippen molar-refractivity contribution in [2.24, 2.45) is 0 Å². The highest BCUT2D eigenvalue weighted by molar-refractivity contribution is 5.45. The van der Waals surface area contributed by atoms with Gasteiger partial charge in [-0.25, -0.2) is 0 Å². The highest BCUT2D eigenvalue weighted by atomic mass is 16.5. The Morgan fingerprint density at radius 3 is 2.90 bits per heavy atom. The Kier molecular flexibility index (Phi) is 1.58. The first-order valence-electron chi connectivity index (χ1n) is 2.76. The van der Waals surface area contributed by atoms with Gasteiger partial charge < -0.3 is 9.94 Å². The Morgan fingerprint density at radius 1 is 1.70 bits per heavy atom. The zero-order valence-electron chi connectivity index (χ0n) is 5.28. The zero-order valence-corrected chi connectivity index (χ0v) is 5.28. The van der Waals surface area contributed by atoms with Gasteiger partial charge in [0.15, 0.2) is 0 Å². The summed E-state index contributed by atoms with van der Waals surface area (Å²) in [6.45, 7) is 3.45. The molecular weight excluding hydrogens is 130 g/mol. The summed E-state index contributed by atoms with van der Waals surface area (Å²) in [7, 11) is 0. The minimum absolute atomic E-state index is 0.271. The van der Waals surface area contributed by atoms with Crippen LogP contribution in [0.15, 0.2) is 29.7 Å². The molecule has 10 heavy (non-hydrogen) atoms. The highest BCUT2D eigenvalue weighted by Crippen LogP contribution is 1.93. The first-order valence-corrected chi connectivity index (χ1v) is 2.76. The lowest BCUT2D eigenvalue weighted by atomic mass is 10.3. The van der Waals surface area contributed by atoms with Gasteiger partial charge in [-0.15, -0.1) is 0 Å². The van der Waals surface area contributed by atoms with E-state index in [0.29, 0.717) is 5.56 Å². The molecule has 3 nitrogen and oxygen atoms in total. The van der Waals surface area contributed by atoms with E-state index in [1.165, 1.54) is 24.4 Å². The molecule has 0 saturated heterocycles. The molecule has 0 aliphatic carbocycles. The van der Waals surface area contributed by atoms with Crippen molar-refractivity contribution in [1.29, 1.82) is 0 Å². The molecule has 3 heteroatoms. The zero-order chi connectivity index (χ0) is 7.56. The molecule has 1 aromatic rings. The molecule has 0 radical (unpaired) electrons. The average molecular weight is 136 g/mol. The SMILES string of the molecule is C=Cc1ccn([O-])c(=O)c1. The maximum atomic E-state index is 10.6. The number of nitrogens with zero attached hydrogens (tertiary/aromatic N) is 1. The molecule has 0 fully saturated rings. The van der Waals surface area contributed by atoms with Crippen molar-refractivity contribution in [3.63, 3.8) is 0 Å². The second-order valence-electron chi connectivity index (χ2n) is 1.83. The van der Waals surface area contributed by atoms with Crippen molar-refractivity contribution in [3.05, 3.63) is 46.0 Å². The van der Waals surface area contributed by atoms with Crippen LogP contribution in [0.4, 0.5) is 0 Å². The summed E-state index contributed by atoms with van der Waals surface area (Å²) in [4.78, 5) is 10.6. The van der Waals surface area contributed by atoms with Gasteiger partial charge in [0.05, 0.1) is 0 Å².